The second kappa shape index (κ2) is 9.15. The van der Waals surface area contributed by atoms with Crippen LogP contribution < -0.4 is 9.64 Å². The summed E-state index contributed by atoms with van der Waals surface area (Å²) in [5.41, 5.74) is 3.44. The van der Waals surface area contributed by atoms with E-state index in [1.807, 2.05) is 26.0 Å². The van der Waals surface area contributed by atoms with Gasteiger partial charge in [-0.1, -0.05) is 29.8 Å². The number of nitrogens with zero attached hydrogens (tertiary/aromatic N) is 1. The first kappa shape index (κ1) is 23.3. The van der Waals surface area contributed by atoms with Gasteiger partial charge in [0.15, 0.2) is 0 Å². The Morgan fingerprint density at radius 1 is 0.941 bits per heavy atom. The third-order valence-corrected chi connectivity index (χ3v) is 6.04. The Kier molecular flexibility index (Phi) is 6.26. The van der Waals surface area contributed by atoms with Crippen LogP contribution in [0, 0.1) is 13.8 Å². The van der Waals surface area contributed by atoms with Crippen molar-refractivity contribution in [1.82, 2.24) is 0 Å². The summed E-state index contributed by atoms with van der Waals surface area (Å²) in [6.07, 6.45) is 0. The zero-order valence-corrected chi connectivity index (χ0v) is 19.6. The van der Waals surface area contributed by atoms with Crippen molar-refractivity contribution < 1.29 is 24.2 Å². The molecular weight excluding hydrogens is 454 g/mol. The van der Waals surface area contributed by atoms with Crippen molar-refractivity contribution in [3.05, 3.63) is 99.6 Å². The fraction of sp³-hybridized carbons (Fsp3) is 0.148. The number of hydrogen-bond donors (Lipinski definition) is 1. The molecule has 1 aliphatic heterocycles. The lowest BCUT2D eigenvalue weighted by Gasteiger charge is -2.26. The molecule has 0 aromatic heterocycles. The van der Waals surface area contributed by atoms with E-state index < -0.39 is 23.7 Å². The van der Waals surface area contributed by atoms with Gasteiger partial charge in [-0.25, -0.2) is 0 Å². The lowest BCUT2D eigenvalue weighted by atomic mass is 9.95. The number of ether oxygens (including phenoxy) is 1. The Morgan fingerprint density at radius 2 is 1.59 bits per heavy atom. The zero-order chi connectivity index (χ0) is 24.6. The highest BCUT2D eigenvalue weighted by molar-refractivity contribution is 6.51. The van der Waals surface area contributed by atoms with Crippen molar-refractivity contribution in [3.63, 3.8) is 0 Å². The van der Waals surface area contributed by atoms with Gasteiger partial charge < -0.3 is 9.84 Å². The van der Waals surface area contributed by atoms with Crippen LogP contribution in [0.2, 0.25) is 5.02 Å². The summed E-state index contributed by atoms with van der Waals surface area (Å²) in [7, 11) is 0. The highest BCUT2D eigenvalue weighted by atomic mass is 35.5. The Hall–Kier alpha value is -3.90. The molecule has 0 bridgehead atoms. The predicted octanol–water partition coefficient (Wildman–Crippen LogP) is 5.51. The van der Waals surface area contributed by atoms with E-state index in [-0.39, 0.29) is 11.3 Å². The van der Waals surface area contributed by atoms with Crippen molar-refractivity contribution in [2.24, 2.45) is 0 Å². The number of aryl methyl sites for hydroxylation is 2. The van der Waals surface area contributed by atoms with E-state index in [1.165, 1.54) is 11.8 Å². The quantitative estimate of drug-likeness (QED) is 0.177. The van der Waals surface area contributed by atoms with Gasteiger partial charge in [-0.3, -0.25) is 19.3 Å². The molecule has 172 valence electrons. The number of carbonyl (C=O) groups excluding carboxylic acids is 3. The monoisotopic (exact) mass is 475 g/mol. The lowest BCUT2D eigenvalue weighted by molar-refractivity contribution is -0.132. The second-order valence-corrected chi connectivity index (χ2v) is 8.54. The first-order valence-electron chi connectivity index (χ1n) is 10.6. The minimum Gasteiger partial charge on any atom is -0.507 e. The van der Waals surface area contributed by atoms with Crippen LogP contribution in [0.15, 0.2) is 72.3 Å². The Bertz CT molecular complexity index is 1330. The third-order valence-electron chi connectivity index (χ3n) is 5.79. The minimum absolute atomic E-state index is 0.0363. The van der Waals surface area contributed by atoms with Gasteiger partial charge >= 0.3 is 5.97 Å². The van der Waals surface area contributed by atoms with Crippen LogP contribution in [0.4, 0.5) is 5.69 Å². The molecule has 1 saturated heterocycles. The molecule has 1 amide bonds. The van der Waals surface area contributed by atoms with Gasteiger partial charge in [0.25, 0.3) is 11.7 Å². The summed E-state index contributed by atoms with van der Waals surface area (Å²) in [5, 5.41) is 11.6. The first-order valence-corrected chi connectivity index (χ1v) is 11.0. The normalized spacial score (nSPS) is 17.2. The molecule has 0 radical (unpaired) electrons. The molecule has 6 nitrogen and oxygen atoms in total. The molecule has 0 aliphatic carbocycles. The van der Waals surface area contributed by atoms with Gasteiger partial charge in [0.05, 0.1) is 11.6 Å². The maximum absolute atomic E-state index is 13.2. The number of aliphatic hydroxyl groups excluding tert-OH is 1. The van der Waals surface area contributed by atoms with E-state index in [0.717, 1.165) is 11.1 Å². The van der Waals surface area contributed by atoms with Crippen LogP contribution in [0.3, 0.4) is 0 Å². The van der Waals surface area contributed by atoms with E-state index in [9.17, 15) is 19.5 Å². The topological polar surface area (TPSA) is 83.9 Å². The van der Waals surface area contributed by atoms with Gasteiger partial charge in [-0.05, 0) is 79.1 Å². The smallest absolute Gasteiger partial charge is 0.308 e. The highest BCUT2D eigenvalue weighted by Crippen LogP contribution is 2.42. The van der Waals surface area contributed by atoms with E-state index in [2.05, 4.69) is 0 Å². The highest BCUT2D eigenvalue weighted by Gasteiger charge is 2.47. The van der Waals surface area contributed by atoms with Gasteiger partial charge in [0.2, 0.25) is 0 Å². The van der Waals surface area contributed by atoms with Gasteiger partial charge in [0, 0.05) is 23.2 Å². The summed E-state index contributed by atoms with van der Waals surface area (Å²) >= 11 is 5.97. The number of Topliss-reactive ketones (excluding diaryl/α,β-unsaturated/α-hetero) is 1. The molecule has 1 heterocycles. The molecule has 7 heteroatoms. The van der Waals surface area contributed by atoms with Crippen molar-refractivity contribution in [1.29, 1.82) is 0 Å². The number of ketones is 1. The van der Waals surface area contributed by atoms with Crippen molar-refractivity contribution in [2.75, 3.05) is 4.90 Å². The molecule has 34 heavy (non-hydrogen) atoms. The molecule has 1 aliphatic rings. The van der Waals surface area contributed by atoms with Gasteiger partial charge in [-0.2, -0.15) is 0 Å². The second-order valence-electron chi connectivity index (χ2n) is 8.11. The van der Waals surface area contributed by atoms with Crippen molar-refractivity contribution >= 4 is 40.7 Å². The summed E-state index contributed by atoms with van der Waals surface area (Å²) in [6.45, 7) is 5.18. The largest absolute Gasteiger partial charge is 0.507 e. The molecular formula is C27H22ClNO5. The number of esters is 1. The molecule has 0 saturated carbocycles. The fourth-order valence-electron chi connectivity index (χ4n) is 3.94. The number of benzene rings is 3. The van der Waals surface area contributed by atoms with Crippen LogP contribution in [0.5, 0.6) is 5.75 Å². The number of aliphatic hydroxyl groups is 1. The Balaban J connectivity index is 1.90. The predicted molar refractivity (Wildman–Crippen MR) is 130 cm³/mol. The molecule has 3 aromatic rings. The van der Waals surface area contributed by atoms with Crippen molar-refractivity contribution in [3.8, 4) is 5.75 Å². The SMILES string of the molecule is CC(=O)Oc1ccc(C2/C(=C(\O)c3ccc(Cl)cc3)C(=O)C(=O)N2c2ccc(C)c(C)c2)cc1. The average Bonchev–Trinajstić information content (AvgIpc) is 3.06. The van der Waals surface area contributed by atoms with Crippen LogP contribution in [-0.4, -0.2) is 22.8 Å². The Morgan fingerprint density at radius 3 is 2.18 bits per heavy atom. The summed E-state index contributed by atoms with van der Waals surface area (Å²) in [6, 6.07) is 17.5. The molecule has 4 rings (SSSR count). The van der Waals surface area contributed by atoms with Crippen LogP contribution in [0.1, 0.15) is 35.2 Å². The van der Waals surface area contributed by atoms with E-state index in [0.29, 0.717) is 27.6 Å². The van der Waals surface area contributed by atoms with E-state index in [1.54, 1.807) is 54.6 Å². The average molecular weight is 476 g/mol. The molecule has 1 unspecified atom stereocenters. The molecule has 3 aromatic carbocycles. The number of carbonyl (C=O) groups is 3. The molecule has 1 atom stereocenters. The number of halogens is 1. The summed E-state index contributed by atoms with van der Waals surface area (Å²) < 4.78 is 5.11. The van der Waals surface area contributed by atoms with Gasteiger partial charge in [-0.15, -0.1) is 0 Å². The standard InChI is InChI=1S/C27H22ClNO5/c1-15-4-11-21(14-16(15)2)29-24(18-7-12-22(13-8-18)34-17(3)30)23(26(32)27(29)33)25(31)19-5-9-20(28)10-6-19/h4-14,24,31H,1-3H3/b25-23+. The van der Waals surface area contributed by atoms with Gasteiger partial charge in [0.1, 0.15) is 11.5 Å². The Labute approximate surface area is 202 Å². The molecule has 1 N–H and O–H groups in total. The number of hydrogen-bond acceptors (Lipinski definition) is 5. The van der Waals surface area contributed by atoms with Crippen molar-refractivity contribution in [2.45, 2.75) is 26.8 Å². The van der Waals surface area contributed by atoms with Crippen LogP contribution >= 0.6 is 11.6 Å². The number of rotatable bonds is 4. The zero-order valence-electron chi connectivity index (χ0n) is 18.8. The third kappa shape index (κ3) is 4.32. The van der Waals surface area contributed by atoms with E-state index in [4.69, 9.17) is 16.3 Å². The molecule has 0 spiro atoms. The maximum atomic E-state index is 13.2. The number of amides is 1. The van der Waals surface area contributed by atoms with Crippen LogP contribution in [0.25, 0.3) is 5.76 Å². The number of anilines is 1. The lowest BCUT2D eigenvalue weighted by Crippen LogP contribution is -2.29. The van der Waals surface area contributed by atoms with E-state index >= 15 is 0 Å². The summed E-state index contributed by atoms with van der Waals surface area (Å²) in [4.78, 5) is 39.1. The van der Waals surface area contributed by atoms with Crippen LogP contribution in [-0.2, 0) is 14.4 Å². The minimum atomic E-state index is -0.885. The molecule has 1 fully saturated rings. The fourth-order valence-corrected chi connectivity index (χ4v) is 4.06. The first-order chi connectivity index (χ1) is 16.2. The maximum Gasteiger partial charge on any atom is 0.308 e. The summed E-state index contributed by atoms with van der Waals surface area (Å²) in [5.74, 6) is -1.96.